The zero-order valence-electron chi connectivity index (χ0n) is 17.8. The average Bonchev–Trinajstić information content (AvgIpc) is 2.97. The van der Waals surface area contributed by atoms with Gasteiger partial charge in [-0.3, -0.25) is 14.4 Å². The molecule has 1 aliphatic rings. The number of anilines is 3. The Morgan fingerprint density at radius 3 is 2.21 bits per heavy atom. The molecule has 166 valence electrons. The lowest BCUT2D eigenvalue weighted by atomic mass is 10.1. The Kier molecular flexibility index (Phi) is 5.98. The van der Waals surface area contributed by atoms with E-state index in [1.165, 1.54) is 12.1 Å². The molecular formula is C25H19ClFN3O3. The van der Waals surface area contributed by atoms with Crippen LogP contribution in [0.15, 0.2) is 77.5 Å². The molecule has 8 heteroatoms. The second kappa shape index (κ2) is 8.88. The number of nitrogens with zero attached hydrogens (tertiary/aromatic N) is 1. The topological polar surface area (TPSA) is 78.5 Å². The van der Waals surface area contributed by atoms with Crippen molar-refractivity contribution in [1.82, 2.24) is 0 Å². The van der Waals surface area contributed by atoms with Gasteiger partial charge in [0.25, 0.3) is 17.7 Å². The normalized spacial score (nSPS) is 13.5. The van der Waals surface area contributed by atoms with Crippen LogP contribution in [0, 0.1) is 19.7 Å². The lowest BCUT2D eigenvalue weighted by Crippen LogP contribution is -2.32. The number of benzene rings is 3. The molecule has 0 aromatic heterocycles. The number of hydrogen-bond donors (Lipinski definition) is 2. The summed E-state index contributed by atoms with van der Waals surface area (Å²) < 4.78 is 13.2. The highest BCUT2D eigenvalue weighted by Gasteiger charge is 2.39. The van der Waals surface area contributed by atoms with Gasteiger partial charge in [-0.1, -0.05) is 23.7 Å². The molecule has 0 atom stereocenters. The molecule has 0 spiro atoms. The van der Waals surface area contributed by atoms with Gasteiger partial charge in [0, 0.05) is 16.9 Å². The number of halogens is 2. The second-order valence-corrected chi connectivity index (χ2v) is 8.03. The zero-order valence-corrected chi connectivity index (χ0v) is 18.5. The van der Waals surface area contributed by atoms with Gasteiger partial charge in [0.1, 0.15) is 16.5 Å². The predicted octanol–water partition coefficient (Wildman–Crippen LogP) is 5.13. The molecule has 1 heterocycles. The van der Waals surface area contributed by atoms with Crippen LogP contribution >= 0.6 is 11.6 Å². The largest absolute Gasteiger partial charge is 0.350 e. The Balaban J connectivity index is 1.54. The molecule has 0 unspecified atom stereocenters. The van der Waals surface area contributed by atoms with E-state index < -0.39 is 17.6 Å². The van der Waals surface area contributed by atoms with Crippen molar-refractivity contribution >= 4 is 46.4 Å². The van der Waals surface area contributed by atoms with Crippen molar-refractivity contribution in [3.8, 4) is 0 Å². The van der Waals surface area contributed by atoms with Gasteiger partial charge in [-0.05, 0) is 79.6 Å². The highest BCUT2D eigenvalue weighted by atomic mass is 35.5. The third-order valence-electron chi connectivity index (χ3n) is 4.99. The number of imide groups is 1. The number of nitrogens with one attached hydrogen (secondary N) is 2. The number of rotatable bonds is 5. The van der Waals surface area contributed by atoms with Gasteiger partial charge in [-0.25, -0.2) is 9.29 Å². The summed E-state index contributed by atoms with van der Waals surface area (Å²) in [5.41, 5.74) is 3.55. The van der Waals surface area contributed by atoms with Gasteiger partial charge in [-0.15, -0.1) is 0 Å². The molecule has 0 fully saturated rings. The van der Waals surface area contributed by atoms with Crippen LogP contribution in [-0.2, 0) is 9.59 Å². The minimum Gasteiger partial charge on any atom is -0.350 e. The Labute approximate surface area is 194 Å². The molecular weight excluding hydrogens is 445 g/mol. The molecule has 4 rings (SSSR count). The lowest BCUT2D eigenvalue weighted by Gasteiger charge is -2.15. The van der Waals surface area contributed by atoms with Crippen LogP contribution in [0.25, 0.3) is 0 Å². The fourth-order valence-electron chi connectivity index (χ4n) is 3.57. The smallest absolute Gasteiger partial charge is 0.283 e. The molecule has 3 aromatic rings. The van der Waals surface area contributed by atoms with Crippen molar-refractivity contribution in [2.45, 2.75) is 13.8 Å². The van der Waals surface area contributed by atoms with Crippen molar-refractivity contribution in [3.63, 3.8) is 0 Å². The molecule has 0 aliphatic carbocycles. The summed E-state index contributed by atoms with van der Waals surface area (Å²) in [4.78, 5) is 39.0. The lowest BCUT2D eigenvalue weighted by molar-refractivity contribution is -0.120. The number of carbonyl (C=O) groups excluding carboxylic acids is 3. The van der Waals surface area contributed by atoms with Crippen molar-refractivity contribution in [3.05, 3.63) is 100.0 Å². The van der Waals surface area contributed by atoms with Crippen LogP contribution in [0.2, 0.25) is 0 Å². The molecule has 3 aromatic carbocycles. The summed E-state index contributed by atoms with van der Waals surface area (Å²) in [5.74, 6) is -2.22. The Morgan fingerprint density at radius 2 is 1.55 bits per heavy atom. The molecule has 3 amide bonds. The molecule has 2 N–H and O–H groups in total. The first-order chi connectivity index (χ1) is 15.7. The highest BCUT2D eigenvalue weighted by molar-refractivity contribution is 6.53. The highest BCUT2D eigenvalue weighted by Crippen LogP contribution is 2.30. The summed E-state index contributed by atoms with van der Waals surface area (Å²) in [6.07, 6.45) is 0. The molecule has 33 heavy (non-hydrogen) atoms. The van der Waals surface area contributed by atoms with Gasteiger partial charge in [-0.2, -0.15) is 0 Å². The summed E-state index contributed by atoms with van der Waals surface area (Å²) in [7, 11) is 0. The molecule has 1 aliphatic heterocycles. The number of carbonyl (C=O) groups is 3. The first-order valence-corrected chi connectivity index (χ1v) is 10.4. The van der Waals surface area contributed by atoms with Crippen LogP contribution in [0.4, 0.5) is 21.5 Å². The van der Waals surface area contributed by atoms with E-state index in [4.69, 9.17) is 11.6 Å². The minimum absolute atomic E-state index is 0.127. The molecule has 0 saturated carbocycles. The molecule has 0 saturated heterocycles. The van der Waals surface area contributed by atoms with Gasteiger partial charge < -0.3 is 10.6 Å². The van der Waals surface area contributed by atoms with Gasteiger partial charge >= 0.3 is 0 Å². The van der Waals surface area contributed by atoms with Crippen molar-refractivity contribution in [2.75, 3.05) is 15.5 Å². The van der Waals surface area contributed by atoms with Gasteiger partial charge in [0.05, 0.1) is 5.69 Å². The maximum Gasteiger partial charge on any atom is 0.283 e. The number of aryl methyl sites for hydroxylation is 2. The van der Waals surface area contributed by atoms with Crippen molar-refractivity contribution < 1.29 is 18.8 Å². The third kappa shape index (κ3) is 4.63. The van der Waals surface area contributed by atoms with Crippen LogP contribution < -0.4 is 15.5 Å². The standard InChI is InChI=1S/C25H19ClFN3O3/c1-14-10-15(2)12-19(11-14)29-23(31)16-4-3-5-18(13-16)28-22-21(26)24(32)30(25(22)33)20-8-6-17(27)7-9-20/h3-13,28H,1-2H3,(H,29,31). The number of amides is 3. The maximum absolute atomic E-state index is 13.2. The summed E-state index contributed by atoms with van der Waals surface area (Å²) in [6.45, 7) is 3.89. The van der Waals surface area contributed by atoms with E-state index in [1.54, 1.807) is 24.3 Å². The fraction of sp³-hybridized carbons (Fsp3) is 0.0800. The molecule has 6 nitrogen and oxygen atoms in total. The molecule has 0 radical (unpaired) electrons. The van der Waals surface area contributed by atoms with E-state index in [2.05, 4.69) is 10.6 Å². The van der Waals surface area contributed by atoms with Crippen LogP contribution in [0.5, 0.6) is 0 Å². The summed E-state index contributed by atoms with van der Waals surface area (Å²) >= 11 is 6.14. The van der Waals surface area contributed by atoms with Gasteiger partial charge in [0.2, 0.25) is 0 Å². The average molecular weight is 464 g/mol. The van der Waals surface area contributed by atoms with Gasteiger partial charge in [0.15, 0.2) is 0 Å². The Hall–Kier alpha value is -3.97. The minimum atomic E-state index is -0.723. The summed E-state index contributed by atoms with van der Waals surface area (Å²) in [6, 6.07) is 17.1. The first-order valence-electron chi connectivity index (χ1n) is 10.0. The second-order valence-electron chi connectivity index (χ2n) is 7.65. The van der Waals surface area contributed by atoms with Crippen molar-refractivity contribution in [2.24, 2.45) is 0 Å². The fourth-order valence-corrected chi connectivity index (χ4v) is 3.78. The van der Waals surface area contributed by atoms with Crippen LogP contribution in [0.3, 0.4) is 0 Å². The third-order valence-corrected chi connectivity index (χ3v) is 5.34. The van der Waals surface area contributed by atoms with Crippen LogP contribution in [-0.4, -0.2) is 17.7 Å². The SMILES string of the molecule is Cc1cc(C)cc(NC(=O)c2cccc(NC3=C(Cl)C(=O)N(c4ccc(F)cc4)C3=O)c2)c1. The maximum atomic E-state index is 13.2. The molecule has 0 bridgehead atoms. The Morgan fingerprint density at radius 1 is 0.879 bits per heavy atom. The quantitative estimate of drug-likeness (QED) is 0.514. The van der Waals surface area contributed by atoms with E-state index in [-0.39, 0.29) is 22.3 Å². The monoisotopic (exact) mass is 463 g/mol. The van der Waals surface area contributed by atoms with E-state index in [9.17, 15) is 18.8 Å². The zero-order chi connectivity index (χ0) is 23.7. The van der Waals surface area contributed by atoms with E-state index in [1.807, 2.05) is 32.0 Å². The van der Waals surface area contributed by atoms with Crippen LogP contribution in [0.1, 0.15) is 21.5 Å². The van der Waals surface area contributed by atoms with E-state index >= 15 is 0 Å². The van der Waals surface area contributed by atoms with Crippen molar-refractivity contribution in [1.29, 1.82) is 0 Å². The predicted molar refractivity (Wildman–Crippen MR) is 126 cm³/mol. The summed E-state index contributed by atoms with van der Waals surface area (Å²) in [5, 5.41) is 5.40. The Bertz CT molecular complexity index is 1300. The number of hydrogen-bond acceptors (Lipinski definition) is 4. The first kappa shape index (κ1) is 22.2. The van der Waals surface area contributed by atoms with E-state index in [0.717, 1.165) is 28.2 Å². The van der Waals surface area contributed by atoms with E-state index in [0.29, 0.717) is 16.9 Å².